The van der Waals surface area contributed by atoms with Crippen molar-refractivity contribution in [2.75, 3.05) is 24.4 Å². The minimum absolute atomic E-state index is 0.104. The molecule has 2 aromatic rings. The number of benzene rings is 2. The Balaban J connectivity index is 1.85. The molecule has 0 aromatic heterocycles. The minimum atomic E-state index is -3.71. The van der Waals surface area contributed by atoms with Crippen molar-refractivity contribution in [1.29, 1.82) is 0 Å². The van der Waals surface area contributed by atoms with Gasteiger partial charge in [-0.2, -0.15) is 0 Å². The average molecular weight is 421 g/mol. The SMILES string of the molecule is Cc1ccc(S(=O)(=O)N(C)c2ccc(C(=O)N3CCC[C@H](C)C3)c(Cl)c2)cc1. The van der Waals surface area contributed by atoms with Crippen LogP contribution >= 0.6 is 11.6 Å². The van der Waals surface area contributed by atoms with E-state index in [0.717, 1.165) is 31.5 Å². The number of hydrogen-bond donors (Lipinski definition) is 0. The van der Waals surface area contributed by atoms with E-state index in [1.807, 2.05) is 11.8 Å². The zero-order chi connectivity index (χ0) is 20.5. The van der Waals surface area contributed by atoms with E-state index in [9.17, 15) is 13.2 Å². The van der Waals surface area contributed by atoms with Gasteiger partial charge in [0.2, 0.25) is 0 Å². The van der Waals surface area contributed by atoms with E-state index in [-0.39, 0.29) is 15.8 Å². The summed E-state index contributed by atoms with van der Waals surface area (Å²) in [6, 6.07) is 11.5. The normalized spacial score (nSPS) is 17.4. The predicted molar refractivity (Wildman–Crippen MR) is 113 cm³/mol. The van der Waals surface area contributed by atoms with Crippen LogP contribution in [-0.2, 0) is 10.0 Å². The maximum absolute atomic E-state index is 12.9. The number of hydrogen-bond acceptors (Lipinski definition) is 3. The van der Waals surface area contributed by atoms with Crippen molar-refractivity contribution in [3.63, 3.8) is 0 Å². The molecule has 1 saturated heterocycles. The molecular formula is C21H25ClN2O3S. The number of carbonyl (C=O) groups is 1. The predicted octanol–water partition coefficient (Wildman–Crippen LogP) is 4.35. The summed E-state index contributed by atoms with van der Waals surface area (Å²) in [4.78, 5) is 14.8. The molecule has 3 rings (SSSR count). The summed E-state index contributed by atoms with van der Waals surface area (Å²) in [5.41, 5.74) is 1.80. The first-order valence-corrected chi connectivity index (χ1v) is 11.2. The molecule has 1 fully saturated rings. The third kappa shape index (κ3) is 4.18. The van der Waals surface area contributed by atoms with Gasteiger partial charge in [0.15, 0.2) is 0 Å². The number of piperidine rings is 1. The van der Waals surface area contributed by atoms with Crippen LogP contribution in [0.5, 0.6) is 0 Å². The fraction of sp³-hybridized carbons (Fsp3) is 0.381. The third-order valence-corrected chi connectivity index (χ3v) is 7.28. The van der Waals surface area contributed by atoms with Gasteiger partial charge in [-0.25, -0.2) is 8.42 Å². The molecule has 0 N–H and O–H groups in total. The number of rotatable bonds is 4. The molecule has 1 amide bonds. The van der Waals surface area contributed by atoms with Crippen molar-refractivity contribution in [3.05, 3.63) is 58.6 Å². The van der Waals surface area contributed by atoms with E-state index in [1.54, 1.807) is 36.4 Å². The first kappa shape index (κ1) is 20.7. The highest BCUT2D eigenvalue weighted by molar-refractivity contribution is 7.92. The van der Waals surface area contributed by atoms with Crippen LogP contribution in [0.1, 0.15) is 35.7 Å². The van der Waals surface area contributed by atoms with Gasteiger partial charge < -0.3 is 4.90 Å². The van der Waals surface area contributed by atoms with Crippen molar-refractivity contribution in [2.24, 2.45) is 5.92 Å². The highest BCUT2D eigenvalue weighted by atomic mass is 35.5. The van der Waals surface area contributed by atoms with Gasteiger partial charge in [0.1, 0.15) is 0 Å². The molecule has 2 aromatic carbocycles. The fourth-order valence-electron chi connectivity index (χ4n) is 3.42. The number of nitrogens with zero attached hydrogens (tertiary/aromatic N) is 2. The van der Waals surface area contributed by atoms with Crippen molar-refractivity contribution in [3.8, 4) is 0 Å². The smallest absolute Gasteiger partial charge is 0.264 e. The van der Waals surface area contributed by atoms with E-state index in [4.69, 9.17) is 11.6 Å². The lowest BCUT2D eigenvalue weighted by atomic mass is 9.99. The average Bonchev–Trinajstić information content (AvgIpc) is 2.67. The van der Waals surface area contributed by atoms with Crippen LogP contribution in [0.3, 0.4) is 0 Å². The molecule has 0 radical (unpaired) electrons. The maximum Gasteiger partial charge on any atom is 0.264 e. The van der Waals surface area contributed by atoms with Crippen LogP contribution in [0, 0.1) is 12.8 Å². The van der Waals surface area contributed by atoms with Crippen LogP contribution in [0.15, 0.2) is 47.4 Å². The second kappa shape index (κ2) is 8.13. The molecule has 28 heavy (non-hydrogen) atoms. The summed E-state index contributed by atoms with van der Waals surface area (Å²) >= 11 is 6.37. The Morgan fingerprint density at radius 1 is 1.18 bits per heavy atom. The molecule has 1 atom stereocenters. The molecule has 1 heterocycles. The summed E-state index contributed by atoms with van der Waals surface area (Å²) < 4.78 is 26.9. The third-order valence-electron chi connectivity index (χ3n) is 5.17. The highest BCUT2D eigenvalue weighted by Gasteiger charge is 2.25. The van der Waals surface area contributed by atoms with E-state index in [0.29, 0.717) is 17.2 Å². The molecule has 1 aliphatic heterocycles. The molecular weight excluding hydrogens is 396 g/mol. The van der Waals surface area contributed by atoms with Gasteiger partial charge in [-0.05, 0) is 56.0 Å². The number of halogens is 1. The Labute approximate surface area is 172 Å². The lowest BCUT2D eigenvalue weighted by Crippen LogP contribution is -2.39. The number of sulfonamides is 1. The molecule has 0 unspecified atom stereocenters. The first-order chi connectivity index (χ1) is 13.2. The van der Waals surface area contributed by atoms with Gasteiger partial charge in [-0.1, -0.05) is 36.2 Å². The molecule has 0 spiro atoms. The topological polar surface area (TPSA) is 57.7 Å². The molecule has 5 nitrogen and oxygen atoms in total. The number of aryl methyl sites for hydroxylation is 1. The van der Waals surface area contributed by atoms with Crippen LogP contribution in [0.25, 0.3) is 0 Å². The fourth-order valence-corrected chi connectivity index (χ4v) is 4.87. The number of carbonyl (C=O) groups excluding carboxylic acids is 1. The summed E-state index contributed by atoms with van der Waals surface area (Å²) in [5, 5.41) is 0.256. The summed E-state index contributed by atoms with van der Waals surface area (Å²) in [6.45, 7) is 5.48. The monoisotopic (exact) mass is 420 g/mol. The molecule has 0 aliphatic carbocycles. The Morgan fingerprint density at radius 3 is 2.46 bits per heavy atom. The number of anilines is 1. The Bertz CT molecular complexity index is 974. The molecule has 7 heteroatoms. The van der Waals surface area contributed by atoms with Gasteiger partial charge in [0.25, 0.3) is 15.9 Å². The van der Waals surface area contributed by atoms with E-state index in [1.165, 1.54) is 17.4 Å². The van der Waals surface area contributed by atoms with Gasteiger partial charge in [-0.15, -0.1) is 0 Å². The largest absolute Gasteiger partial charge is 0.338 e. The van der Waals surface area contributed by atoms with Crippen molar-refractivity contribution >= 4 is 33.2 Å². The van der Waals surface area contributed by atoms with Crippen LogP contribution in [0.2, 0.25) is 5.02 Å². The summed E-state index contributed by atoms with van der Waals surface area (Å²) in [5.74, 6) is 0.369. The summed E-state index contributed by atoms with van der Waals surface area (Å²) in [7, 11) is -2.23. The van der Waals surface area contributed by atoms with Gasteiger partial charge in [-0.3, -0.25) is 9.10 Å². The summed E-state index contributed by atoms with van der Waals surface area (Å²) in [6.07, 6.45) is 2.11. The van der Waals surface area contributed by atoms with Gasteiger partial charge in [0.05, 0.1) is 21.2 Å². The molecule has 150 valence electrons. The standard InChI is InChI=1S/C21H25ClN2O3S/c1-15-6-9-18(10-7-15)28(26,27)23(3)17-8-11-19(20(22)13-17)21(25)24-12-4-5-16(2)14-24/h6-11,13,16H,4-5,12,14H2,1-3H3/t16-/m0/s1. The van der Waals surface area contributed by atoms with Crippen LogP contribution in [0.4, 0.5) is 5.69 Å². The van der Waals surface area contributed by atoms with Gasteiger partial charge >= 0.3 is 0 Å². The minimum Gasteiger partial charge on any atom is -0.338 e. The zero-order valence-corrected chi connectivity index (χ0v) is 17.9. The lowest BCUT2D eigenvalue weighted by molar-refractivity contribution is 0.0683. The van der Waals surface area contributed by atoms with Crippen molar-refractivity contribution in [1.82, 2.24) is 4.90 Å². The van der Waals surface area contributed by atoms with E-state index < -0.39 is 10.0 Å². The van der Waals surface area contributed by atoms with E-state index >= 15 is 0 Å². The Kier molecular flexibility index (Phi) is 6.01. The highest BCUT2D eigenvalue weighted by Crippen LogP contribution is 2.29. The Morgan fingerprint density at radius 2 is 1.86 bits per heavy atom. The van der Waals surface area contributed by atoms with Crippen molar-refractivity contribution in [2.45, 2.75) is 31.6 Å². The van der Waals surface area contributed by atoms with Crippen molar-refractivity contribution < 1.29 is 13.2 Å². The Hall–Kier alpha value is -2.05. The maximum atomic E-state index is 12.9. The number of amides is 1. The van der Waals surface area contributed by atoms with Crippen LogP contribution in [-0.4, -0.2) is 39.4 Å². The molecule has 0 bridgehead atoms. The second-order valence-electron chi connectivity index (χ2n) is 7.45. The first-order valence-electron chi connectivity index (χ1n) is 9.34. The van der Waals surface area contributed by atoms with E-state index in [2.05, 4.69) is 6.92 Å². The quantitative estimate of drug-likeness (QED) is 0.738. The number of likely N-dealkylation sites (tertiary alicyclic amines) is 1. The lowest BCUT2D eigenvalue weighted by Gasteiger charge is -2.31. The van der Waals surface area contributed by atoms with Gasteiger partial charge in [0, 0.05) is 20.1 Å². The second-order valence-corrected chi connectivity index (χ2v) is 9.82. The van der Waals surface area contributed by atoms with Crippen LogP contribution < -0.4 is 4.31 Å². The molecule has 1 aliphatic rings. The molecule has 0 saturated carbocycles. The zero-order valence-electron chi connectivity index (χ0n) is 16.4.